The van der Waals surface area contributed by atoms with Gasteiger partial charge < -0.3 is 10.4 Å². The van der Waals surface area contributed by atoms with E-state index in [1.54, 1.807) is 0 Å². The molecule has 0 spiro atoms. The van der Waals surface area contributed by atoms with Crippen LogP contribution in [0.3, 0.4) is 0 Å². The zero-order valence-electron chi connectivity index (χ0n) is 12.2. The van der Waals surface area contributed by atoms with E-state index in [1.807, 2.05) is 7.05 Å². The fourth-order valence-electron chi connectivity index (χ4n) is 2.11. The van der Waals surface area contributed by atoms with E-state index >= 15 is 0 Å². The van der Waals surface area contributed by atoms with Gasteiger partial charge in [-0.2, -0.15) is 0 Å². The summed E-state index contributed by atoms with van der Waals surface area (Å²) in [6, 6.07) is 0.652. The minimum atomic E-state index is -0.661. The number of nitrogens with one attached hydrogen (secondary N) is 1. The summed E-state index contributed by atoms with van der Waals surface area (Å²) in [5.41, 5.74) is 0. The highest BCUT2D eigenvalue weighted by atomic mass is 16.4. The zero-order valence-corrected chi connectivity index (χ0v) is 12.2. The van der Waals surface area contributed by atoms with Crippen LogP contribution in [0.1, 0.15) is 77.6 Å². The molecule has 0 aliphatic rings. The topological polar surface area (TPSA) is 49.3 Å². The minimum absolute atomic E-state index is 0.337. The lowest BCUT2D eigenvalue weighted by Crippen LogP contribution is -2.20. The maximum atomic E-state index is 10.3. The summed E-state index contributed by atoms with van der Waals surface area (Å²) in [5.74, 6) is -0.661. The van der Waals surface area contributed by atoms with E-state index in [4.69, 9.17) is 5.11 Å². The highest BCUT2D eigenvalue weighted by Crippen LogP contribution is 2.11. The Morgan fingerprint density at radius 1 is 0.944 bits per heavy atom. The first-order chi connectivity index (χ1) is 8.66. The summed E-state index contributed by atoms with van der Waals surface area (Å²) in [6.45, 7) is 2.23. The van der Waals surface area contributed by atoms with Gasteiger partial charge in [0, 0.05) is 12.5 Å². The molecule has 3 heteroatoms. The van der Waals surface area contributed by atoms with Crippen molar-refractivity contribution in [2.75, 3.05) is 7.05 Å². The molecular formula is C15H31NO2. The van der Waals surface area contributed by atoms with Gasteiger partial charge in [0.25, 0.3) is 0 Å². The quantitative estimate of drug-likeness (QED) is 0.491. The summed E-state index contributed by atoms with van der Waals surface area (Å²) in [4.78, 5) is 10.3. The van der Waals surface area contributed by atoms with Gasteiger partial charge in [0.2, 0.25) is 0 Å². The Bertz CT molecular complexity index is 195. The Morgan fingerprint density at radius 3 is 1.83 bits per heavy atom. The maximum absolute atomic E-state index is 10.3. The Balaban J connectivity index is 3.01. The average Bonchev–Trinajstić information content (AvgIpc) is 2.35. The second-order valence-corrected chi connectivity index (χ2v) is 5.30. The van der Waals surface area contributed by atoms with Crippen molar-refractivity contribution in [3.63, 3.8) is 0 Å². The fraction of sp³-hybridized carbons (Fsp3) is 0.933. The summed E-state index contributed by atoms with van der Waals surface area (Å²) in [7, 11) is 2.02. The van der Waals surface area contributed by atoms with Crippen LogP contribution in [-0.2, 0) is 4.79 Å². The number of carboxylic acids is 1. The van der Waals surface area contributed by atoms with Crippen molar-refractivity contribution in [1.29, 1.82) is 0 Å². The van der Waals surface area contributed by atoms with Crippen molar-refractivity contribution in [2.24, 2.45) is 0 Å². The lowest BCUT2D eigenvalue weighted by Gasteiger charge is -2.08. The molecule has 1 unspecified atom stereocenters. The molecular weight excluding hydrogens is 226 g/mol. The van der Waals surface area contributed by atoms with Gasteiger partial charge in [-0.15, -0.1) is 0 Å². The number of hydrogen-bond acceptors (Lipinski definition) is 2. The third-order valence-electron chi connectivity index (χ3n) is 3.52. The Hall–Kier alpha value is -0.570. The lowest BCUT2D eigenvalue weighted by molar-refractivity contribution is -0.137. The Kier molecular flexibility index (Phi) is 12.5. The summed E-state index contributed by atoms with van der Waals surface area (Å²) < 4.78 is 0. The van der Waals surface area contributed by atoms with E-state index in [9.17, 15) is 4.79 Å². The van der Waals surface area contributed by atoms with E-state index in [0.29, 0.717) is 12.5 Å². The standard InChI is InChI=1S/C15H31NO2/c1-14(16-2)12-10-8-6-4-3-5-7-9-11-13-15(17)18/h14,16H,3-13H2,1-2H3,(H,17,18). The predicted molar refractivity (Wildman–Crippen MR) is 76.9 cm³/mol. The normalized spacial score (nSPS) is 12.6. The van der Waals surface area contributed by atoms with Crippen LogP contribution in [-0.4, -0.2) is 24.2 Å². The molecule has 0 heterocycles. The molecule has 3 nitrogen and oxygen atoms in total. The van der Waals surface area contributed by atoms with E-state index < -0.39 is 5.97 Å². The van der Waals surface area contributed by atoms with Crippen LogP contribution in [0.2, 0.25) is 0 Å². The van der Waals surface area contributed by atoms with Crippen LogP contribution in [0, 0.1) is 0 Å². The number of carboxylic acid groups (broad SMARTS) is 1. The second kappa shape index (κ2) is 12.9. The van der Waals surface area contributed by atoms with Gasteiger partial charge in [0.05, 0.1) is 0 Å². The Labute approximate surface area is 112 Å². The van der Waals surface area contributed by atoms with Gasteiger partial charge in [0.1, 0.15) is 0 Å². The Morgan fingerprint density at radius 2 is 1.39 bits per heavy atom. The van der Waals surface area contributed by atoms with Crippen molar-refractivity contribution in [3.8, 4) is 0 Å². The third kappa shape index (κ3) is 13.5. The molecule has 0 amide bonds. The lowest BCUT2D eigenvalue weighted by atomic mass is 10.0. The van der Waals surface area contributed by atoms with Crippen LogP contribution in [0.15, 0.2) is 0 Å². The van der Waals surface area contributed by atoms with Gasteiger partial charge in [0.15, 0.2) is 0 Å². The summed E-state index contributed by atoms with van der Waals surface area (Å²) in [6.07, 6.45) is 12.7. The van der Waals surface area contributed by atoms with Crippen LogP contribution >= 0.6 is 0 Å². The average molecular weight is 257 g/mol. The highest BCUT2D eigenvalue weighted by molar-refractivity contribution is 5.66. The van der Waals surface area contributed by atoms with Gasteiger partial charge in [-0.1, -0.05) is 51.4 Å². The largest absolute Gasteiger partial charge is 0.481 e. The van der Waals surface area contributed by atoms with Crippen molar-refractivity contribution in [3.05, 3.63) is 0 Å². The van der Waals surface area contributed by atoms with Crippen LogP contribution in [0.5, 0.6) is 0 Å². The molecule has 18 heavy (non-hydrogen) atoms. The molecule has 0 rings (SSSR count). The van der Waals surface area contributed by atoms with E-state index in [2.05, 4.69) is 12.2 Å². The van der Waals surface area contributed by atoms with Crippen LogP contribution in [0.25, 0.3) is 0 Å². The van der Waals surface area contributed by atoms with E-state index in [0.717, 1.165) is 12.8 Å². The molecule has 2 N–H and O–H groups in total. The van der Waals surface area contributed by atoms with Gasteiger partial charge in [-0.05, 0) is 26.8 Å². The molecule has 0 radical (unpaired) electrons. The molecule has 0 saturated heterocycles. The van der Waals surface area contributed by atoms with Gasteiger partial charge >= 0.3 is 5.97 Å². The number of carbonyl (C=O) groups is 1. The van der Waals surface area contributed by atoms with Crippen LogP contribution < -0.4 is 5.32 Å². The van der Waals surface area contributed by atoms with E-state index in [-0.39, 0.29) is 0 Å². The van der Waals surface area contributed by atoms with Crippen LogP contribution in [0.4, 0.5) is 0 Å². The molecule has 1 atom stereocenters. The van der Waals surface area contributed by atoms with Crippen molar-refractivity contribution in [1.82, 2.24) is 5.32 Å². The third-order valence-corrected chi connectivity index (χ3v) is 3.52. The molecule has 0 aromatic rings. The highest BCUT2D eigenvalue weighted by Gasteiger charge is 1.98. The molecule has 0 aliphatic carbocycles. The second-order valence-electron chi connectivity index (χ2n) is 5.30. The minimum Gasteiger partial charge on any atom is -0.481 e. The number of unbranched alkanes of at least 4 members (excludes halogenated alkanes) is 8. The monoisotopic (exact) mass is 257 g/mol. The first-order valence-electron chi connectivity index (χ1n) is 7.56. The molecule has 0 aromatic carbocycles. The number of hydrogen-bond donors (Lipinski definition) is 2. The van der Waals surface area contributed by atoms with Gasteiger partial charge in [-0.3, -0.25) is 4.79 Å². The number of aliphatic carboxylic acids is 1. The SMILES string of the molecule is CNC(C)CCCCCCCCCCCC(=O)O. The van der Waals surface area contributed by atoms with E-state index in [1.165, 1.54) is 51.4 Å². The number of rotatable bonds is 13. The maximum Gasteiger partial charge on any atom is 0.303 e. The summed E-state index contributed by atoms with van der Waals surface area (Å²) >= 11 is 0. The molecule has 0 aromatic heterocycles. The van der Waals surface area contributed by atoms with Gasteiger partial charge in [-0.25, -0.2) is 0 Å². The zero-order chi connectivity index (χ0) is 13.6. The summed E-state index contributed by atoms with van der Waals surface area (Å²) in [5, 5.41) is 11.8. The van der Waals surface area contributed by atoms with Crippen molar-refractivity contribution >= 4 is 5.97 Å². The first-order valence-corrected chi connectivity index (χ1v) is 7.56. The fourth-order valence-corrected chi connectivity index (χ4v) is 2.11. The smallest absolute Gasteiger partial charge is 0.303 e. The molecule has 0 bridgehead atoms. The molecule has 0 fully saturated rings. The first kappa shape index (κ1) is 17.4. The molecule has 108 valence electrons. The van der Waals surface area contributed by atoms with Crippen molar-refractivity contribution < 1.29 is 9.90 Å². The van der Waals surface area contributed by atoms with Crippen molar-refractivity contribution in [2.45, 2.75) is 83.6 Å². The predicted octanol–water partition coefficient (Wildman–Crippen LogP) is 3.97. The molecule has 0 aliphatic heterocycles. The molecule has 0 saturated carbocycles.